The van der Waals surface area contributed by atoms with Crippen LogP contribution in [0.25, 0.3) is 0 Å². The maximum atomic E-state index is 10.0. The van der Waals surface area contributed by atoms with E-state index in [1.165, 1.54) is 0 Å². The van der Waals surface area contributed by atoms with Crippen LogP contribution in [0.1, 0.15) is 0 Å². The molecule has 2 N–H and O–H groups in total. The average molecular weight is 144 g/mol. The fourth-order valence-corrected chi connectivity index (χ4v) is 0.704. The van der Waals surface area contributed by atoms with Crippen molar-refractivity contribution in [1.29, 1.82) is 0 Å². The minimum atomic E-state index is -3.10. The van der Waals surface area contributed by atoms with Gasteiger partial charge in [0, 0.05) is 12.9 Å². The highest BCUT2D eigenvalue weighted by molar-refractivity contribution is 7.84. The Morgan fingerprint density at radius 1 is 1.71 bits per heavy atom. The van der Waals surface area contributed by atoms with Crippen molar-refractivity contribution in [2.45, 2.75) is 0 Å². The number of hydrogen-bond donors (Lipinski definition) is 2. The monoisotopic (exact) mass is 144 g/mol. The Bertz CT molecular complexity index is 126. The second kappa shape index (κ2) is 2.51. The molecule has 0 aromatic carbocycles. The van der Waals surface area contributed by atoms with Crippen LogP contribution in [-0.2, 0) is 14.3 Å². The summed E-state index contributed by atoms with van der Waals surface area (Å²) in [5, 5.41) is 0. The highest BCUT2D eigenvalue weighted by Gasteiger charge is 2.00. The summed E-state index contributed by atoms with van der Waals surface area (Å²) in [6.07, 6.45) is 1.02. The average Bonchev–Trinajstić information content (AvgIpc) is 1.30. The van der Waals surface area contributed by atoms with E-state index in [-0.39, 0.29) is 0 Å². The molecule has 0 aromatic heterocycles. The minimum Gasteiger partial charge on any atom is -0.171 e. The summed E-state index contributed by atoms with van der Waals surface area (Å²) in [6, 6.07) is 0. The summed E-state index contributed by atoms with van der Waals surface area (Å²) in [6.45, 7) is 0. The molecule has 7 heavy (non-hydrogen) atoms. The van der Waals surface area contributed by atoms with E-state index in [0.29, 0.717) is 4.89 Å². The van der Waals surface area contributed by atoms with Crippen LogP contribution in [0.2, 0.25) is 0 Å². The maximum absolute atomic E-state index is 10.0. The highest BCUT2D eigenvalue weighted by Crippen LogP contribution is 1.60. The van der Waals surface area contributed by atoms with Crippen LogP contribution in [-0.4, -0.2) is 14.7 Å². The van der Waals surface area contributed by atoms with E-state index in [1.54, 1.807) is 0 Å². The van der Waals surface area contributed by atoms with Gasteiger partial charge in [-0.25, -0.2) is 0 Å². The number of primary sulfonamides is 1. The van der Waals surface area contributed by atoms with Crippen LogP contribution in [0, 0.1) is 0 Å². The van der Waals surface area contributed by atoms with Crippen molar-refractivity contribution in [3.63, 3.8) is 0 Å². The van der Waals surface area contributed by atoms with Crippen molar-refractivity contribution in [1.82, 2.24) is 0 Å². The molecule has 44 valence electrons. The Morgan fingerprint density at radius 2 is 2.14 bits per heavy atom. The fraction of sp³-hybridized carbons (Fsp3) is 1.00. The van der Waals surface area contributed by atoms with Crippen LogP contribution >= 0.6 is 12.9 Å². The maximum Gasteiger partial charge on any atom is 0.321 e. The molecule has 0 spiro atoms. The van der Waals surface area contributed by atoms with Crippen molar-refractivity contribution in [2.24, 2.45) is 0 Å². The summed E-state index contributed by atoms with van der Waals surface area (Å²) in [5.74, 6) is 0. The molecule has 0 amide bonds. The lowest BCUT2D eigenvalue weighted by atomic mass is 12.0. The van der Waals surface area contributed by atoms with Gasteiger partial charge in [0.05, 0.1) is 6.26 Å². The molecule has 0 heterocycles. The molecular weight excluding hydrogens is 138 g/mol. The van der Waals surface area contributed by atoms with Gasteiger partial charge in [-0.2, -0.15) is 8.42 Å². The lowest BCUT2D eigenvalue weighted by Crippen LogP contribution is -2.84. The molecule has 0 aliphatic heterocycles. The number of nitrogens with two attached hydrogens (primary N) is 1. The first-order valence-corrected chi connectivity index (χ1v) is 3.72. The quantitative estimate of drug-likeness (QED) is 0.275. The summed E-state index contributed by atoms with van der Waals surface area (Å²) >= 11 is 3.18. The first-order valence-electron chi connectivity index (χ1n) is 1.40. The summed E-state index contributed by atoms with van der Waals surface area (Å²) < 4.78 is 23.9. The van der Waals surface area contributed by atoms with Gasteiger partial charge in [0.2, 0.25) is 0 Å². The normalized spacial score (nSPS) is 11.7. The van der Waals surface area contributed by atoms with Crippen molar-refractivity contribution < 1.29 is 17.6 Å². The van der Waals surface area contributed by atoms with E-state index in [0.717, 1.165) is 6.26 Å². The van der Waals surface area contributed by atoms with Gasteiger partial charge in [0.25, 0.3) is 0 Å². The SMILES string of the molecule is CS(=O)(=O)[NH2+]OS. The topological polar surface area (TPSA) is 60.0 Å². The van der Waals surface area contributed by atoms with Crippen molar-refractivity contribution in [3.05, 3.63) is 0 Å². The molecular formula is CH6NO3S2+. The van der Waals surface area contributed by atoms with Crippen LogP contribution in [0.4, 0.5) is 0 Å². The molecule has 0 aliphatic rings. The third-order valence-corrected chi connectivity index (χ3v) is 0.912. The molecule has 6 heteroatoms. The Hall–Kier alpha value is 0.220. The molecule has 0 aliphatic carbocycles. The molecule has 0 radical (unpaired) electrons. The minimum absolute atomic E-state index is 0.649. The summed E-state index contributed by atoms with van der Waals surface area (Å²) in [5.41, 5.74) is 0. The van der Waals surface area contributed by atoms with Gasteiger partial charge in [-0.15, -0.1) is 4.28 Å². The third-order valence-electron chi connectivity index (χ3n) is 0.218. The lowest BCUT2D eigenvalue weighted by molar-refractivity contribution is -0.730. The van der Waals surface area contributed by atoms with Crippen LogP contribution < -0.4 is 4.89 Å². The summed E-state index contributed by atoms with van der Waals surface area (Å²) in [7, 11) is -3.10. The van der Waals surface area contributed by atoms with Crippen LogP contribution in [0.3, 0.4) is 0 Å². The van der Waals surface area contributed by atoms with E-state index >= 15 is 0 Å². The zero-order chi connectivity index (χ0) is 5.91. The van der Waals surface area contributed by atoms with Crippen molar-refractivity contribution in [3.8, 4) is 0 Å². The van der Waals surface area contributed by atoms with Crippen LogP contribution in [0.5, 0.6) is 0 Å². The molecule has 0 fully saturated rings. The molecule has 0 aromatic rings. The van der Waals surface area contributed by atoms with Gasteiger partial charge in [0.15, 0.2) is 0 Å². The van der Waals surface area contributed by atoms with Gasteiger partial charge >= 0.3 is 10.0 Å². The molecule has 0 bridgehead atoms. The third kappa shape index (κ3) is 6.22. The van der Waals surface area contributed by atoms with E-state index in [9.17, 15) is 8.42 Å². The first-order chi connectivity index (χ1) is 3.06. The molecule has 0 atom stereocenters. The Morgan fingerprint density at radius 3 is 2.14 bits per heavy atom. The number of rotatable bonds is 2. The molecule has 0 unspecified atom stereocenters. The first kappa shape index (κ1) is 7.22. The van der Waals surface area contributed by atoms with Crippen molar-refractivity contribution in [2.75, 3.05) is 6.26 Å². The van der Waals surface area contributed by atoms with Gasteiger partial charge in [0.1, 0.15) is 0 Å². The highest BCUT2D eigenvalue weighted by atomic mass is 32.2. The lowest BCUT2D eigenvalue weighted by Gasteiger charge is -1.85. The zero-order valence-corrected chi connectivity index (χ0v) is 5.37. The van der Waals surface area contributed by atoms with E-state index < -0.39 is 10.0 Å². The predicted octanol–water partition coefficient (Wildman–Crippen LogP) is -1.71. The zero-order valence-electron chi connectivity index (χ0n) is 3.66. The smallest absolute Gasteiger partial charge is 0.171 e. The van der Waals surface area contributed by atoms with Gasteiger partial charge in [-0.05, 0) is 0 Å². The standard InChI is InChI=1S/CH5NO3S2/c1-7(3,4)2-5-6/h2,6H,1H3/p+1. The number of hydrogen-bond acceptors (Lipinski definition) is 4. The van der Waals surface area contributed by atoms with Crippen molar-refractivity contribution >= 4 is 22.9 Å². The molecule has 0 saturated heterocycles. The Kier molecular flexibility index (Phi) is 2.59. The van der Waals surface area contributed by atoms with Gasteiger partial charge < -0.3 is 0 Å². The van der Waals surface area contributed by atoms with Gasteiger partial charge in [-0.1, -0.05) is 4.89 Å². The van der Waals surface area contributed by atoms with E-state index in [4.69, 9.17) is 0 Å². The Balaban J connectivity index is 3.60. The fourth-order valence-electron chi connectivity index (χ4n) is 0.0782. The molecule has 0 saturated carbocycles. The number of quaternary nitrogens is 1. The Labute approximate surface area is 47.5 Å². The van der Waals surface area contributed by atoms with E-state index in [2.05, 4.69) is 17.2 Å². The molecule has 0 rings (SSSR count). The van der Waals surface area contributed by atoms with Gasteiger partial charge in [-0.3, -0.25) is 0 Å². The number of thiol groups is 1. The largest absolute Gasteiger partial charge is 0.321 e. The summed E-state index contributed by atoms with van der Waals surface area (Å²) in [4.78, 5) is 0.649. The van der Waals surface area contributed by atoms with E-state index in [1.807, 2.05) is 0 Å². The second-order valence-corrected chi connectivity index (χ2v) is 3.09. The van der Waals surface area contributed by atoms with Crippen LogP contribution in [0.15, 0.2) is 0 Å². The second-order valence-electron chi connectivity index (χ2n) is 1.03. The number of sulfonamides is 1. The molecule has 4 nitrogen and oxygen atoms in total. The predicted molar refractivity (Wildman–Crippen MR) is 26.8 cm³/mol.